The molecule has 21 heavy (non-hydrogen) atoms. The maximum absolute atomic E-state index is 13.2. The fraction of sp³-hybridized carbons (Fsp3) is 0.235. The van der Waals surface area contributed by atoms with E-state index in [-0.39, 0.29) is 11.6 Å². The summed E-state index contributed by atoms with van der Waals surface area (Å²) < 4.78 is 26.1. The minimum absolute atomic E-state index is 0.257. The van der Waals surface area contributed by atoms with Crippen molar-refractivity contribution in [2.45, 2.75) is 25.7 Å². The zero-order valence-corrected chi connectivity index (χ0v) is 11.5. The van der Waals surface area contributed by atoms with E-state index in [1.807, 2.05) is 12.1 Å². The predicted molar refractivity (Wildman–Crippen MR) is 77.4 cm³/mol. The lowest BCUT2D eigenvalue weighted by Gasteiger charge is -2.18. The standard InChI is InChI=1S/C17H15F2NO/c18-15-9-8-12(10-16(15)19)20-17(21)14-7-3-5-11-4-1-2-6-13(11)14/h3,5,7-10H,1-2,4,6H2,(H,20,21). The van der Waals surface area contributed by atoms with E-state index in [2.05, 4.69) is 5.32 Å². The SMILES string of the molecule is O=C(Nc1ccc(F)c(F)c1)c1cccc2c1CCCC2. The predicted octanol–water partition coefficient (Wildman–Crippen LogP) is 4.10. The third kappa shape index (κ3) is 2.79. The molecule has 0 atom stereocenters. The molecule has 3 rings (SSSR count). The molecule has 0 bridgehead atoms. The number of benzene rings is 2. The molecule has 2 nitrogen and oxygen atoms in total. The molecular weight excluding hydrogens is 272 g/mol. The second-order valence-corrected chi connectivity index (χ2v) is 5.23. The number of halogens is 2. The normalized spacial score (nSPS) is 13.6. The van der Waals surface area contributed by atoms with Crippen molar-refractivity contribution >= 4 is 11.6 Å². The van der Waals surface area contributed by atoms with Crippen LogP contribution in [0.5, 0.6) is 0 Å². The molecule has 1 aliphatic carbocycles. The van der Waals surface area contributed by atoms with E-state index in [0.29, 0.717) is 5.56 Å². The Kier molecular flexibility index (Phi) is 3.69. The van der Waals surface area contributed by atoms with Crippen LogP contribution < -0.4 is 5.32 Å². The molecule has 0 aliphatic heterocycles. The van der Waals surface area contributed by atoms with Crippen LogP contribution in [0.15, 0.2) is 36.4 Å². The van der Waals surface area contributed by atoms with Gasteiger partial charge in [-0.25, -0.2) is 8.78 Å². The molecule has 0 radical (unpaired) electrons. The van der Waals surface area contributed by atoms with Crippen LogP contribution in [-0.4, -0.2) is 5.91 Å². The Hall–Kier alpha value is -2.23. The first kappa shape index (κ1) is 13.7. The minimum atomic E-state index is -0.970. The Bertz CT molecular complexity index is 697. The molecule has 0 heterocycles. The van der Waals surface area contributed by atoms with E-state index in [4.69, 9.17) is 0 Å². The van der Waals surface area contributed by atoms with Gasteiger partial charge < -0.3 is 5.32 Å². The highest BCUT2D eigenvalue weighted by atomic mass is 19.2. The van der Waals surface area contributed by atoms with E-state index >= 15 is 0 Å². The van der Waals surface area contributed by atoms with E-state index in [1.54, 1.807) is 6.07 Å². The number of amides is 1. The fourth-order valence-electron chi connectivity index (χ4n) is 2.77. The van der Waals surface area contributed by atoms with Gasteiger partial charge in [-0.1, -0.05) is 12.1 Å². The third-order valence-corrected chi connectivity index (χ3v) is 3.82. The van der Waals surface area contributed by atoms with Crippen molar-refractivity contribution in [2.75, 3.05) is 5.32 Å². The van der Waals surface area contributed by atoms with Gasteiger partial charge in [0.2, 0.25) is 0 Å². The number of aryl methyl sites for hydroxylation is 1. The van der Waals surface area contributed by atoms with Crippen LogP contribution in [0.3, 0.4) is 0 Å². The molecule has 0 spiro atoms. The van der Waals surface area contributed by atoms with E-state index in [9.17, 15) is 13.6 Å². The van der Waals surface area contributed by atoms with Crippen LogP contribution in [0.4, 0.5) is 14.5 Å². The zero-order valence-electron chi connectivity index (χ0n) is 11.5. The number of rotatable bonds is 2. The summed E-state index contributed by atoms with van der Waals surface area (Å²) >= 11 is 0. The molecule has 0 fully saturated rings. The summed E-state index contributed by atoms with van der Waals surface area (Å²) in [5, 5.41) is 2.63. The van der Waals surface area contributed by atoms with Crippen molar-refractivity contribution in [3.8, 4) is 0 Å². The molecule has 0 saturated carbocycles. The molecule has 2 aromatic rings. The first-order valence-electron chi connectivity index (χ1n) is 7.02. The van der Waals surface area contributed by atoms with Gasteiger partial charge in [-0.2, -0.15) is 0 Å². The number of carbonyl (C=O) groups excluding carboxylic acids is 1. The first-order valence-corrected chi connectivity index (χ1v) is 7.02. The second kappa shape index (κ2) is 5.64. The highest BCUT2D eigenvalue weighted by Gasteiger charge is 2.17. The van der Waals surface area contributed by atoms with Crippen molar-refractivity contribution in [2.24, 2.45) is 0 Å². The van der Waals surface area contributed by atoms with Crippen LogP contribution in [0.25, 0.3) is 0 Å². The third-order valence-electron chi connectivity index (χ3n) is 3.82. The van der Waals surface area contributed by atoms with Crippen molar-refractivity contribution in [1.82, 2.24) is 0 Å². The van der Waals surface area contributed by atoms with E-state index < -0.39 is 11.6 Å². The smallest absolute Gasteiger partial charge is 0.255 e. The second-order valence-electron chi connectivity index (χ2n) is 5.23. The molecule has 4 heteroatoms. The summed E-state index contributed by atoms with van der Waals surface area (Å²) in [6, 6.07) is 9.03. The van der Waals surface area contributed by atoms with Gasteiger partial charge in [-0.15, -0.1) is 0 Å². The van der Waals surface area contributed by atoms with Crippen molar-refractivity contribution in [3.63, 3.8) is 0 Å². The molecular formula is C17H15F2NO. The van der Waals surface area contributed by atoms with Crippen molar-refractivity contribution in [1.29, 1.82) is 0 Å². The summed E-state index contributed by atoms with van der Waals surface area (Å²) in [5.74, 6) is -2.17. The summed E-state index contributed by atoms with van der Waals surface area (Å²) in [6.07, 6.45) is 4.09. The highest BCUT2D eigenvalue weighted by Crippen LogP contribution is 2.25. The number of hydrogen-bond donors (Lipinski definition) is 1. The van der Waals surface area contributed by atoms with E-state index in [1.165, 1.54) is 11.6 Å². The molecule has 2 aromatic carbocycles. The van der Waals surface area contributed by atoms with Crippen LogP contribution >= 0.6 is 0 Å². The monoisotopic (exact) mass is 287 g/mol. The fourth-order valence-corrected chi connectivity index (χ4v) is 2.77. The molecule has 0 saturated heterocycles. The highest BCUT2D eigenvalue weighted by molar-refractivity contribution is 6.05. The van der Waals surface area contributed by atoms with Gasteiger partial charge >= 0.3 is 0 Å². The largest absolute Gasteiger partial charge is 0.322 e. The van der Waals surface area contributed by atoms with Crippen molar-refractivity contribution < 1.29 is 13.6 Å². The quantitative estimate of drug-likeness (QED) is 0.885. The summed E-state index contributed by atoms with van der Waals surface area (Å²) in [7, 11) is 0. The molecule has 1 amide bonds. The van der Waals surface area contributed by atoms with Gasteiger partial charge in [0.15, 0.2) is 11.6 Å². The number of carbonyl (C=O) groups is 1. The topological polar surface area (TPSA) is 29.1 Å². The molecule has 0 aromatic heterocycles. The lowest BCUT2D eigenvalue weighted by atomic mass is 9.88. The molecule has 1 N–H and O–H groups in total. The van der Waals surface area contributed by atoms with Gasteiger partial charge in [0, 0.05) is 17.3 Å². The Labute approximate surface area is 121 Å². The lowest BCUT2D eigenvalue weighted by Crippen LogP contribution is -2.17. The number of nitrogens with one attached hydrogen (secondary N) is 1. The zero-order chi connectivity index (χ0) is 14.8. The van der Waals surface area contributed by atoms with Gasteiger partial charge in [0.1, 0.15) is 0 Å². The summed E-state index contributed by atoms with van der Waals surface area (Å²) in [4.78, 5) is 12.4. The van der Waals surface area contributed by atoms with Crippen molar-refractivity contribution in [3.05, 3.63) is 64.7 Å². The molecule has 1 aliphatic rings. The average Bonchev–Trinajstić information content (AvgIpc) is 2.50. The number of fused-ring (bicyclic) bond motifs is 1. The Morgan fingerprint density at radius 2 is 1.81 bits per heavy atom. The Morgan fingerprint density at radius 1 is 1.00 bits per heavy atom. The van der Waals surface area contributed by atoms with E-state index in [0.717, 1.165) is 43.4 Å². The maximum atomic E-state index is 13.2. The van der Waals surface area contributed by atoms with Crippen LogP contribution in [-0.2, 0) is 12.8 Å². The lowest BCUT2D eigenvalue weighted by molar-refractivity contribution is 0.102. The number of anilines is 1. The van der Waals surface area contributed by atoms with Crippen LogP contribution in [0.1, 0.15) is 34.3 Å². The Morgan fingerprint density at radius 3 is 2.62 bits per heavy atom. The average molecular weight is 287 g/mol. The first-order chi connectivity index (χ1) is 10.1. The summed E-state index contributed by atoms with van der Waals surface area (Å²) in [6.45, 7) is 0. The number of hydrogen-bond acceptors (Lipinski definition) is 1. The van der Waals surface area contributed by atoms with Gasteiger partial charge in [0.25, 0.3) is 5.91 Å². The summed E-state index contributed by atoms with van der Waals surface area (Å²) in [5.41, 5.74) is 3.16. The molecule has 0 unspecified atom stereocenters. The Balaban J connectivity index is 1.87. The van der Waals surface area contributed by atoms with Gasteiger partial charge in [-0.05, 0) is 55.0 Å². The maximum Gasteiger partial charge on any atom is 0.255 e. The minimum Gasteiger partial charge on any atom is -0.322 e. The van der Waals surface area contributed by atoms with Gasteiger partial charge in [0.05, 0.1) is 0 Å². The van der Waals surface area contributed by atoms with Crippen LogP contribution in [0, 0.1) is 11.6 Å². The molecule has 108 valence electrons. The van der Waals surface area contributed by atoms with Crippen LogP contribution in [0.2, 0.25) is 0 Å². The van der Waals surface area contributed by atoms with Gasteiger partial charge in [-0.3, -0.25) is 4.79 Å².